The van der Waals surface area contributed by atoms with Crippen molar-refractivity contribution in [3.63, 3.8) is 0 Å². The van der Waals surface area contributed by atoms with E-state index in [9.17, 15) is 10.1 Å². The van der Waals surface area contributed by atoms with Crippen molar-refractivity contribution in [1.29, 1.82) is 0 Å². The number of aromatic nitrogens is 1. The Bertz CT molecular complexity index is 613. The number of aryl methyl sites for hydroxylation is 1. The van der Waals surface area contributed by atoms with Gasteiger partial charge in [0.25, 0.3) is 5.69 Å². The maximum Gasteiger partial charge on any atom is 0.288 e. The van der Waals surface area contributed by atoms with Crippen LogP contribution in [0.3, 0.4) is 0 Å². The van der Waals surface area contributed by atoms with E-state index in [-0.39, 0.29) is 10.7 Å². The van der Waals surface area contributed by atoms with Gasteiger partial charge >= 0.3 is 0 Å². The van der Waals surface area contributed by atoms with E-state index in [0.29, 0.717) is 19.0 Å². The molecule has 2 rings (SSSR count). The Morgan fingerprint density at radius 3 is 2.90 bits per heavy atom. The SMILES string of the molecule is CCc1cnc(CNCc2ccc(Cl)c([N+](=O)[O-])c2)o1. The van der Waals surface area contributed by atoms with Crippen molar-refractivity contribution in [1.82, 2.24) is 10.3 Å². The quantitative estimate of drug-likeness (QED) is 0.654. The monoisotopic (exact) mass is 295 g/mol. The van der Waals surface area contributed by atoms with Crippen molar-refractivity contribution in [2.45, 2.75) is 26.4 Å². The lowest BCUT2D eigenvalue weighted by Crippen LogP contribution is -2.13. The molecule has 1 N–H and O–H groups in total. The number of rotatable bonds is 6. The molecule has 0 amide bonds. The summed E-state index contributed by atoms with van der Waals surface area (Å²) in [6.07, 6.45) is 2.50. The first-order valence-corrected chi connectivity index (χ1v) is 6.55. The minimum absolute atomic E-state index is 0.0876. The number of halogens is 1. The van der Waals surface area contributed by atoms with Gasteiger partial charge in [0.1, 0.15) is 10.8 Å². The summed E-state index contributed by atoms with van der Waals surface area (Å²) in [7, 11) is 0. The standard InChI is InChI=1S/C13H14ClN3O3/c1-2-10-7-16-13(20-10)8-15-6-9-3-4-11(14)12(5-9)17(18)19/h3-5,7,15H,2,6,8H2,1H3. The summed E-state index contributed by atoms with van der Waals surface area (Å²) in [5.41, 5.74) is 0.693. The summed E-state index contributed by atoms with van der Waals surface area (Å²) < 4.78 is 5.45. The Morgan fingerprint density at radius 2 is 2.25 bits per heavy atom. The summed E-state index contributed by atoms with van der Waals surface area (Å²) >= 11 is 5.75. The topological polar surface area (TPSA) is 81.2 Å². The van der Waals surface area contributed by atoms with Gasteiger partial charge in [0.2, 0.25) is 5.89 Å². The minimum Gasteiger partial charge on any atom is -0.444 e. The fourth-order valence-corrected chi connectivity index (χ4v) is 1.90. The smallest absolute Gasteiger partial charge is 0.288 e. The Labute approximate surface area is 120 Å². The summed E-state index contributed by atoms with van der Waals surface area (Å²) in [4.78, 5) is 14.4. The molecule has 20 heavy (non-hydrogen) atoms. The number of hydrogen-bond donors (Lipinski definition) is 1. The first kappa shape index (κ1) is 14.5. The molecule has 1 aromatic heterocycles. The average molecular weight is 296 g/mol. The third-order valence-electron chi connectivity index (χ3n) is 2.76. The van der Waals surface area contributed by atoms with Crippen LogP contribution < -0.4 is 5.32 Å². The highest BCUT2D eigenvalue weighted by atomic mass is 35.5. The van der Waals surface area contributed by atoms with Crippen LogP contribution in [-0.2, 0) is 19.5 Å². The molecular weight excluding hydrogens is 282 g/mol. The van der Waals surface area contributed by atoms with Gasteiger partial charge in [-0.05, 0) is 11.6 Å². The number of nitrogens with one attached hydrogen (secondary N) is 1. The zero-order chi connectivity index (χ0) is 14.5. The molecule has 0 atom stereocenters. The third kappa shape index (κ3) is 3.55. The lowest BCUT2D eigenvalue weighted by molar-refractivity contribution is -0.384. The van der Waals surface area contributed by atoms with Crippen molar-refractivity contribution in [2.24, 2.45) is 0 Å². The van der Waals surface area contributed by atoms with E-state index in [0.717, 1.165) is 17.7 Å². The van der Waals surface area contributed by atoms with Gasteiger partial charge in [-0.1, -0.05) is 24.6 Å². The molecule has 1 heterocycles. The van der Waals surface area contributed by atoms with E-state index in [4.69, 9.17) is 16.0 Å². The fraction of sp³-hybridized carbons (Fsp3) is 0.308. The molecule has 0 saturated heterocycles. The Morgan fingerprint density at radius 1 is 1.45 bits per heavy atom. The maximum absolute atomic E-state index is 10.8. The number of hydrogen-bond acceptors (Lipinski definition) is 5. The summed E-state index contributed by atoms with van der Waals surface area (Å²) in [5.74, 6) is 1.44. The molecule has 0 fully saturated rings. The van der Waals surface area contributed by atoms with Gasteiger partial charge in [0.15, 0.2) is 0 Å². The molecule has 2 aromatic rings. The molecule has 0 bridgehead atoms. The number of oxazole rings is 1. The second-order valence-electron chi connectivity index (χ2n) is 4.22. The number of nitrogens with zero attached hydrogens (tertiary/aromatic N) is 2. The molecule has 106 valence electrons. The highest BCUT2D eigenvalue weighted by molar-refractivity contribution is 6.32. The van der Waals surface area contributed by atoms with E-state index in [1.807, 2.05) is 6.92 Å². The van der Waals surface area contributed by atoms with Crippen molar-refractivity contribution in [3.8, 4) is 0 Å². The predicted molar refractivity (Wildman–Crippen MR) is 74.5 cm³/mol. The van der Waals surface area contributed by atoms with Crippen molar-refractivity contribution in [2.75, 3.05) is 0 Å². The van der Waals surface area contributed by atoms with Crippen LogP contribution in [0.2, 0.25) is 5.02 Å². The van der Waals surface area contributed by atoms with E-state index >= 15 is 0 Å². The van der Waals surface area contributed by atoms with Gasteiger partial charge in [-0.2, -0.15) is 0 Å². The minimum atomic E-state index is -0.493. The Hall–Kier alpha value is -1.92. The lowest BCUT2D eigenvalue weighted by Gasteiger charge is -2.03. The molecule has 0 unspecified atom stereocenters. The van der Waals surface area contributed by atoms with Crippen molar-refractivity contribution in [3.05, 3.63) is 56.7 Å². The van der Waals surface area contributed by atoms with E-state index in [2.05, 4.69) is 10.3 Å². The number of benzene rings is 1. The van der Waals surface area contributed by atoms with Gasteiger partial charge in [-0.25, -0.2) is 4.98 Å². The number of nitro groups is 1. The van der Waals surface area contributed by atoms with Gasteiger partial charge in [0.05, 0.1) is 17.7 Å². The van der Waals surface area contributed by atoms with Gasteiger partial charge in [-0.15, -0.1) is 0 Å². The van der Waals surface area contributed by atoms with E-state index in [1.54, 1.807) is 12.3 Å². The highest BCUT2D eigenvalue weighted by Crippen LogP contribution is 2.24. The molecule has 0 saturated carbocycles. The van der Waals surface area contributed by atoms with Crippen LogP contribution in [0, 0.1) is 10.1 Å². The zero-order valence-electron chi connectivity index (χ0n) is 10.9. The normalized spacial score (nSPS) is 10.7. The van der Waals surface area contributed by atoms with Crippen LogP contribution in [0.25, 0.3) is 0 Å². The summed E-state index contributed by atoms with van der Waals surface area (Å²) in [6, 6.07) is 4.73. The van der Waals surface area contributed by atoms with Crippen molar-refractivity contribution >= 4 is 17.3 Å². The van der Waals surface area contributed by atoms with Gasteiger partial charge in [-0.3, -0.25) is 10.1 Å². The highest BCUT2D eigenvalue weighted by Gasteiger charge is 2.12. The molecule has 0 aliphatic carbocycles. The zero-order valence-corrected chi connectivity index (χ0v) is 11.7. The van der Waals surface area contributed by atoms with Gasteiger partial charge in [0, 0.05) is 19.0 Å². The molecule has 0 spiro atoms. The first-order chi connectivity index (χ1) is 9.60. The van der Waals surface area contributed by atoms with E-state index < -0.39 is 4.92 Å². The number of nitro benzene ring substituents is 1. The molecule has 0 radical (unpaired) electrons. The molecule has 1 aromatic carbocycles. The third-order valence-corrected chi connectivity index (χ3v) is 3.08. The van der Waals surface area contributed by atoms with Crippen LogP contribution in [-0.4, -0.2) is 9.91 Å². The Kier molecular flexibility index (Phi) is 4.70. The van der Waals surface area contributed by atoms with Crippen molar-refractivity contribution < 1.29 is 9.34 Å². The fourth-order valence-electron chi connectivity index (χ4n) is 1.72. The maximum atomic E-state index is 10.8. The van der Waals surface area contributed by atoms with Gasteiger partial charge < -0.3 is 9.73 Å². The molecule has 0 aliphatic rings. The lowest BCUT2D eigenvalue weighted by atomic mass is 10.2. The van der Waals surface area contributed by atoms with Crippen LogP contribution >= 0.6 is 11.6 Å². The Balaban J connectivity index is 1.94. The second kappa shape index (κ2) is 6.49. The second-order valence-corrected chi connectivity index (χ2v) is 4.63. The largest absolute Gasteiger partial charge is 0.444 e. The van der Waals surface area contributed by atoms with Crippen LogP contribution in [0.4, 0.5) is 5.69 Å². The molecule has 0 aliphatic heterocycles. The average Bonchev–Trinajstić information content (AvgIpc) is 2.88. The first-order valence-electron chi connectivity index (χ1n) is 6.17. The molecule has 7 heteroatoms. The molecular formula is C13H14ClN3O3. The van der Waals surface area contributed by atoms with E-state index in [1.165, 1.54) is 12.1 Å². The summed E-state index contributed by atoms with van der Waals surface area (Å²) in [6.45, 7) is 2.93. The predicted octanol–water partition coefficient (Wildman–Crippen LogP) is 3.09. The van der Waals surface area contributed by atoms with Crippen LogP contribution in [0.15, 0.2) is 28.8 Å². The van der Waals surface area contributed by atoms with Crippen LogP contribution in [0.1, 0.15) is 24.1 Å². The van der Waals surface area contributed by atoms with Crippen LogP contribution in [0.5, 0.6) is 0 Å². The summed E-state index contributed by atoms with van der Waals surface area (Å²) in [5, 5.41) is 14.0. The molecule has 6 nitrogen and oxygen atoms in total.